The molecule has 0 radical (unpaired) electrons. The molecule has 0 saturated carbocycles. The number of nitrogens with zero attached hydrogens (tertiary/aromatic N) is 1. The molecule has 2 aromatic carbocycles. The highest BCUT2D eigenvalue weighted by molar-refractivity contribution is 6.04. The highest BCUT2D eigenvalue weighted by atomic mass is 16.2. The number of hydrogen-bond donors (Lipinski definition) is 3. The van der Waals surface area contributed by atoms with E-state index in [4.69, 9.17) is 0 Å². The van der Waals surface area contributed by atoms with Crippen LogP contribution in [0.25, 0.3) is 0 Å². The summed E-state index contributed by atoms with van der Waals surface area (Å²) >= 11 is 0. The SMILES string of the molecule is CC(=O)Nc1cccc(NC(=O)c2ccc(Nc3cccc(C)c3C)nc2)c1. The van der Waals surface area contributed by atoms with E-state index in [1.54, 1.807) is 36.4 Å². The minimum Gasteiger partial charge on any atom is -0.340 e. The van der Waals surface area contributed by atoms with Crippen LogP contribution in [-0.4, -0.2) is 16.8 Å². The molecule has 28 heavy (non-hydrogen) atoms. The van der Waals surface area contributed by atoms with Gasteiger partial charge in [-0.15, -0.1) is 0 Å². The van der Waals surface area contributed by atoms with Gasteiger partial charge in [-0.2, -0.15) is 0 Å². The van der Waals surface area contributed by atoms with Gasteiger partial charge in [0.25, 0.3) is 5.91 Å². The third kappa shape index (κ3) is 4.73. The minimum atomic E-state index is -0.272. The first-order valence-corrected chi connectivity index (χ1v) is 8.90. The Bertz CT molecular complexity index is 1010. The number of carbonyl (C=O) groups excluding carboxylic acids is 2. The van der Waals surface area contributed by atoms with Gasteiger partial charge in [-0.3, -0.25) is 9.59 Å². The quantitative estimate of drug-likeness (QED) is 0.607. The zero-order valence-corrected chi connectivity index (χ0v) is 16.0. The molecule has 0 aliphatic rings. The standard InChI is InChI=1S/C22H22N4O2/c1-14-6-4-9-20(15(14)2)26-21-11-10-17(13-23-21)22(28)25-19-8-5-7-18(12-19)24-16(3)27/h4-13H,1-3H3,(H,23,26)(H,24,27)(H,25,28). The second-order valence-electron chi connectivity index (χ2n) is 6.52. The molecule has 6 heteroatoms. The molecule has 0 spiro atoms. The second-order valence-corrected chi connectivity index (χ2v) is 6.52. The molecule has 0 saturated heterocycles. The van der Waals surface area contributed by atoms with Crippen LogP contribution in [0.15, 0.2) is 60.8 Å². The molecule has 2 amide bonds. The first-order valence-electron chi connectivity index (χ1n) is 8.90. The summed E-state index contributed by atoms with van der Waals surface area (Å²) in [6, 6.07) is 16.5. The number of pyridine rings is 1. The lowest BCUT2D eigenvalue weighted by Crippen LogP contribution is -2.13. The Balaban J connectivity index is 1.68. The van der Waals surface area contributed by atoms with Crippen molar-refractivity contribution >= 4 is 34.7 Å². The van der Waals surface area contributed by atoms with Gasteiger partial charge in [0.15, 0.2) is 0 Å². The third-order valence-electron chi connectivity index (χ3n) is 4.33. The van der Waals surface area contributed by atoms with E-state index in [-0.39, 0.29) is 11.8 Å². The van der Waals surface area contributed by atoms with Gasteiger partial charge in [0.1, 0.15) is 5.82 Å². The number of aryl methyl sites for hydroxylation is 1. The van der Waals surface area contributed by atoms with Crippen LogP contribution in [0.3, 0.4) is 0 Å². The number of anilines is 4. The van der Waals surface area contributed by atoms with E-state index < -0.39 is 0 Å². The molecule has 0 atom stereocenters. The van der Waals surface area contributed by atoms with Crippen LogP contribution in [0.4, 0.5) is 22.9 Å². The summed E-state index contributed by atoms with van der Waals surface area (Å²) in [5.74, 6) is 0.225. The lowest BCUT2D eigenvalue weighted by molar-refractivity contribution is -0.114. The zero-order chi connectivity index (χ0) is 20.1. The van der Waals surface area contributed by atoms with Crippen molar-refractivity contribution in [1.82, 2.24) is 4.98 Å². The maximum atomic E-state index is 12.5. The number of amides is 2. The summed E-state index contributed by atoms with van der Waals surface area (Å²) < 4.78 is 0. The van der Waals surface area contributed by atoms with Crippen molar-refractivity contribution in [3.8, 4) is 0 Å². The monoisotopic (exact) mass is 374 g/mol. The summed E-state index contributed by atoms with van der Waals surface area (Å²) in [5, 5.41) is 8.76. The van der Waals surface area contributed by atoms with E-state index in [1.807, 2.05) is 12.1 Å². The van der Waals surface area contributed by atoms with Gasteiger partial charge >= 0.3 is 0 Å². The van der Waals surface area contributed by atoms with Gasteiger partial charge < -0.3 is 16.0 Å². The lowest BCUT2D eigenvalue weighted by Gasteiger charge is -2.11. The Morgan fingerprint density at radius 2 is 1.61 bits per heavy atom. The fraction of sp³-hybridized carbons (Fsp3) is 0.136. The summed E-state index contributed by atoms with van der Waals surface area (Å²) in [7, 11) is 0. The Morgan fingerprint density at radius 3 is 2.29 bits per heavy atom. The van der Waals surface area contributed by atoms with Crippen molar-refractivity contribution < 1.29 is 9.59 Å². The summed E-state index contributed by atoms with van der Waals surface area (Å²) in [6.45, 7) is 5.54. The smallest absolute Gasteiger partial charge is 0.257 e. The second kappa shape index (κ2) is 8.35. The van der Waals surface area contributed by atoms with Gasteiger partial charge in [-0.25, -0.2) is 4.98 Å². The van der Waals surface area contributed by atoms with Crippen LogP contribution in [0, 0.1) is 13.8 Å². The number of carbonyl (C=O) groups is 2. The Morgan fingerprint density at radius 1 is 0.893 bits per heavy atom. The van der Waals surface area contributed by atoms with E-state index in [1.165, 1.54) is 18.7 Å². The van der Waals surface area contributed by atoms with Crippen LogP contribution in [0.1, 0.15) is 28.4 Å². The maximum Gasteiger partial charge on any atom is 0.257 e. The van der Waals surface area contributed by atoms with E-state index >= 15 is 0 Å². The highest BCUT2D eigenvalue weighted by Crippen LogP contribution is 2.22. The minimum absolute atomic E-state index is 0.167. The average Bonchev–Trinajstić information content (AvgIpc) is 2.66. The molecule has 142 valence electrons. The summed E-state index contributed by atoms with van der Waals surface area (Å²) in [5.41, 5.74) is 4.99. The van der Waals surface area contributed by atoms with E-state index in [0.29, 0.717) is 22.8 Å². The molecule has 0 fully saturated rings. The van der Waals surface area contributed by atoms with Crippen molar-refractivity contribution in [2.24, 2.45) is 0 Å². The van der Waals surface area contributed by atoms with Crippen molar-refractivity contribution in [1.29, 1.82) is 0 Å². The molecule has 0 unspecified atom stereocenters. The first kappa shape index (κ1) is 19.1. The molecule has 3 N–H and O–H groups in total. The highest BCUT2D eigenvalue weighted by Gasteiger charge is 2.08. The average molecular weight is 374 g/mol. The van der Waals surface area contributed by atoms with Crippen LogP contribution in [0.2, 0.25) is 0 Å². The third-order valence-corrected chi connectivity index (χ3v) is 4.33. The molecule has 1 aromatic heterocycles. The largest absolute Gasteiger partial charge is 0.340 e. The molecular formula is C22H22N4O2. The van der Waals surface area contributed by atoms with Gasteiger partial charge in [0.05, 0.1) is 5.56 Å². The molecule has 0 aliphatic heterocycles. The van der Waals surface area contributed by atoms with Crippen LogP contribution in [0.5, 0.6) is 0 Å². The number of hydrogen-bond acceptors (Lipinski definition) is 4. The lowest BCUT2D eigenvalue weighted by atomic mass is 10.1. The van der Waals surface area contributed by atoms with Crippen LogP contribution < -0.4 is 16.0 Å². The predicted molar refractivity (Wildman–Crippen MR) is 112 cm³/mol. The Kier molecular flexibility index (Phi) is 5.69. The van der Waals surface area contributed by atoms with Gasteiger partial charge in [-0.05, 0) is 61.4 Å². The molecule has 0 bridgehead atoms. The normalized spacial score (nSPS) is 10.2. The molecular weight excluding hydrogens is 352 g/mol. The van der Waals surface area contributed by atoms with Crippen LogP contribution in [-0.2, 0) is 4.79 Å². The molecule has 3 rings (SSSR count). The fourth-order valence-corrected chi connectivity index (χ4v) is 2.71. The molecule has 0 aliphatic carbocycles. The first-order chi connectivity index (χ1) is 13.4. The molecule has 1 heterocycles. The van der Waals surface area contributed by atoms with Gasteiger partial charge in [0, 0.05) is 30.2 Å². The number of nitrogens with one attached hydrogen (secondary N) is 3. The zero-order valence-electron chi connectivity index (χ0n) is 16.0. The topological polar surface area (TPSA) is 83.1 Å². The van der Waals surface area contributed by atoms with Gasteiger partial charge in [-0.1, -0.05) is 18.2 Å². The number of aromatic nitrogens is 1. The molecule has 3 aromatic rings. The number of benzene rings is 2. The van der Waals surface area contributed by atoms with Crippen molar-refractivity contribution in [2.45, 2.75) is 20.8 Å². The maximum absolute atomic E-state index is 12.5. The van der Waals surface area contributed by atoms with Gasteiger partial charge in [0.2, 0.25) is 5.91 Å². The predicted octanol–water partition coefficient (Wildman–Crippen LogP) is 4.65. The van der Waals surface area contributed by atoms with E-state index in [0.717, 1.165) is 11.3 Å². The number of rotatable bonds is 5. The molecule has 6 nitrogen and oxygen atoms in total. The van der Waals surface area contributed by atoms with Crippen molar-refractivity contribution in [2.75, 3.05) is 16.0 Å². The van der Waals surface area contributed by atoms with E-state index in [2.05, 4.69) is 40.8 Å². The van der Waals surface area contributed by atoms with Crippen molar-refractivity contribution in [3.63, 3.8) is 0 Å². The van der Waals surface area contributed by atoms with E-state index in [9.17, 15) is 9.59 Å². The summed E-state index contributed by atoms with van der Waals surface area (Å²) in [6.07, 6.45) is 1.53. The van der Waals surface area contributed by atoms with Crippen molar-refractivity contribution in [3.05, 3.63) is 77.5 Å². The fourth-order valence-electron chi connectivity index (χ4n) is 2.71. The Labute approximate surface area is 164 Å². The Hall–Kier alpha value is -3.67. The summed E-state index contributed by atoms with van der Waals surface area (Å²) in [4.78, 5) is 28.0. The van der Waals surface area contributed by atoms with Crippen LogP contribution >= 0.6 is 0 Å².